The van der Waals surface area contributed by atoms with Crippen LogP contribution < -0.4 is 0 Å². The third kappa shape index (κ3) is 3.65. The molecule has 2 saturated heterocycles. The van der Waals surface area contributed by atoms with Crippen LogP contribution in [-0.4, -0.2) is 44.9 Å². The van der Waals surface area contributed by atoms with Gasteiger partial charge in [-0.1, -0.05) is 23.7 Å². The molecule has 2 aliphatic heterocycles. The molecule has 3 nitrogen and oxygen atoms in total. The number of hydrogen-bond donors (Lipinski definition) is 0. The second-order valence-electron chi connectivity index (χ2n) is 6.75. The minimum atomic E-state index is 0.430. The molecule has 0 aliphatic carbocycles. The van der Waals surface area contributed by atoms with Gasteiger partial charge in [0.05, 0.1) is 13.2 Å². The van der Waals surface area contributed by atoms with Crippen LogP contribution in [-0.2, 0) is 16.0 Å². The van der Waals surface area contributed by atoms with E-state index in [4.69, 9.17) is 21.1 Å². The fourth-order valence-corrected chi connectivity index (χ4v) is 4.23. The van der Waals surface area contributed by atoms with E-state index in [-0.39, 0.29) is 0 Å². The number of likely N-dealkylation sites (tertiary alicyclic amines) is 1. The van der Waals surface area contributed by atoms with Gasteiger partial charge in [0.25, 0.3) is 0 Å². The van der Waals surface area contributed by atoms with Crippen molar-refractivity contribution in [1.29, 1.82) is 0 Å². The number of piperidine rings is 1. The molecular formula is C18H26ClNO2. The van der Waals surface area contributed by atoms with E-state index < -0.39 is 0 Å². The zero-order valence-corrected chi connectivity index (χ0v) is 14.1. The molecule has 2 aliphatic rings. The fraction of sp³-hybridized carbons (Fsp3) is 0.667. The SMILES string of the molecule is COC[C@H]1COCCC12CCN(Cc1cccc(Cl)c1)CC2. The van der Waals surface area contributed by atoms with Crippen LogP contribution in [0.25, 0.3) is 0 Å². The van der Waals surface area contributed by atoms with Gasteiger partial charge in [-0.25, -0.2) is 0 Å². The second kappa shape index (κ2) is 7.31. The molecule has 3 rings (SSSR count). The maximum absolute atomic E-state index is 6.09. The van der Waals surface area contributed by atoms with Crippen LogP contribution in [0, 0.1) is 11.3 Å². The van der Waals surface area contributed by atoms with E-state index in [1.807, 2.05) is 12.1 Å². The molecule has 1 aromatic carbocycles. The van der Waals surface area contributed by atoms with Crippen LogP contribution in [0.15, 0.2) is 24.3 Å². The summed E-state index contributed by atoms with van der Waals surface area (Å²) in [5.41, 5.74) is 1.74. The minimum absolute atomic E-state index is 0.430. The first-order chi connectivity index (χ1) is 10.7. The Hall–Kier alpha value is -0.610. The van der Waals surface area contributed by atoms with E-state index in [1.54, 1.807) is 7.11 Å². The molecule has 4 heteroatoms. The number of nitrogens with zero attached hydrogens (tertiary/aromatic N) is 1. The predicted octanol–water partition coefficient (Wildman–Crippen LogP) is 3.61. The van der Waals surface area contributed by atoms with Crippen LogP contribution in [0.4, 0.5) is 0 Å². The molecule has 0 saturated carbocycles. The van der Waals surface area contributed by atoms with Crippen molar-refractivity contribution in [3.8, 4) is 0 Å². The lowest BCUT2D eigenvalue weighted by Gasteiger charge is -2.49. The lowest BCUT2D eigenvalue weighted by atomic mass is 9.66. The maximum atomic E-state index is 6.09. The van der Waals surface area contributed by atoms with Crippen molar-refractivity contribution in [2.75, 3.05) is 40.0 Å². The summed E-state index contributed by atoms with van der Waals surface area (Å²) in [7, 11) is 1.80. The molecule has 0 unspecified atom stereocenters. The summed E-state index contributed by atoms with van der Waals surface area (Å²) >= 11 is 6.09. The van der Waals surface area contributed by atoms with Crippen molar-refractivity contribution in [3.05, 3.63) is 34.9 Å². The highest BCUT2D eigenvalue weighted by Crippen LogP contribution is 2.44. The summed E-state index contributed by atoms with van der Waals surface area (Å²) < 4.78 is 11.1. The zero-order chi connectivity index (χ0) is 15.4. The average molecular weight is 324 g/mol. The average Bonchev–Trinajstić information content (AvgIpc) is 2.52. The first-order valence-electron chi connectivity index (χ1n) is 8.25. The second-order valence-corrected chi connectivity index (χ2v) is 7.18. The Morgan fingerprint density at radius 2 is 2.14 bits per heavy atom. The maximum Gasteiger partial charge on any atom is 0.0521 e. The van der Waals surface area contributed by atoms with Crippen LogP contribution in [0.2, 0.25) is 5.02 Å². The molecule has 0 aromatic heterocycles. The van der Waals surface area contributed by atoms with Gasteiger partial charge in [-0.05, 0) is 55.5 Å². The van der Waals surface area contributed by atoms with Gasteiger partial charge >= 0.3 is 0 Å². The highest BCUT2D eigenvalue weighted by molar-refractivity contribution is 6.30. The number of ether oxygens (including phenoxy) is 2. The molecule has 0 N–H and O–H groups in total. The van der Waals surface area contributed by atoms with E-state index in [1.165, 1.54) is 24.8 Å². The molecule has 2 fully saturated rings. The summed E-state index contributed by atoms with van der Waals surface area (Å²) in [4.78, 5) is 2.55. The van der Waals surface area contributed by atoms with Gasteiger partial charge in [-0.15, -0.1) is 0 Å². The van der Waals surface area contributed by atoms with Crippen molar-refractivity contribution in [1.82, 2.24) is 4.90 Å². The molecule has 1 atom stereocenters. The molecule has 0 amide bonds. The zero-order valence-electron chi connectivity index (χ0n) is 13.4. The largest absolute Gasteiger partial charge is 0.384 e. The molecule has 0 radical (unpaired) electrons. The first kappa shape index (κ1) is 16.3. The number of benzene rings is 1. The fourth-order valence-electron chi connectivity index (χ4n) is 4.02. The lowest BCUT2D eigenvalue weighted by Crippen LogP contribution is -2.49. The highest BCUT2D eigenvalue weighted by Gasteiger charge is 2.43. The Labute approximate surface area is 138 Å². The van der Waals surface area contributed by atoms with E-state index in [2.05, 4.69) is 17.0 Å². The van der Waals surface area contributed by atoms with Gasteiger partial charge in [0.15, 0.2) is 0 Å². The normalized spacial score (nSPS) is 25.5. The third-order valence-electron chi connectivity index (χ3n) is 5.44. The standard InChI is InChI=1S/C18H26ClNO2/c1-21-13-16-14-22-10-7-18(16)5-8-20(9-6-18)12-15-3-2-4-17(19)11-15/h2-4,11,16H,5-10,12-14H2,1H3/t16-/m0/s1. The molecule has 22 heavy (non-hydrogen) atoms. The highest BCUT2D eigenvalue weighted by atomic mass is 35.5. The Morgan fingerprint density at radius 1 is 1.32 bits per heavy atom. The Morgan fingerprint density at radius 3 is 2.86 bits per heavy atom. The Kier molecular flexibility index (Phi) is 5.40. The summed E-state index contributed by atoms with van der Waals surface area (Å²) in [5, 5.41) is 0.829. The van der Waals surface area contributed by atoms with Gasteiger partial charge in [-0.3, -0.25) is 4.90 Å². The van der Waals surface area contributed by atoms with E-state index in [0.717, 1.165) is 44.5 Å². The monoisotopic (exact) mass is 323 g/mol. The predicted molar refractivity (Wildman–Crippen MR) is 89.2 cm³/mol. The van der Waals surface area contributed by atoms with E-state index in [0.29, 0.717) is 11.3 Å². The van der Waals surface area contributed by atoms with Crippen molar-refractivity contribution < 1.29 is 9.47 Å². The van der Waals surface area contributed by atoms with Gasteiger partial charge < -0.3 is 9.47 Å². The summed E-state index contributed by atoms with van der Waals surface area (Å²) in [6.45, 7) is 5.92. The van der Waals surface area contributed by atoms with Crippen molar-refractivity contribution in [2.24, 2.45) is 11.3 Å². The van der Waals surface area contributed by atoms with E-state index in [9.17, 15) is 0 Å². The summed E-state index contributed by atoms with van der Waals surface area (Å²) in [5.74, 6) is 0.555. The van der Waals surface area contributed by atoms with Crippen LogP contribution in [0.5, 0.6) is 0 Å². The smallest absolute Gasteiger partial charge is 0.0521 e. The quantitative estimate of drug-likeness (QED) is 0.845. The molecule has 1 spiro atoms. The first-order valence-corrected chi connectivity index (χ1v) is 8.63. The lowest BCUT2D eigenvalue weighted by molar-refractivity contribution is -0.0951. The van der Waals surface area contributed by atoms with Crippen LogP contribution in [0.3, 0.4) is 0 Å². The van der Waals surface area contributed by atoms with Gasteiger partial charge in [-0.2, -0.15) is 0 Å². The van der Waals surface area contributed by atoms with Gasteiger partial charge in [0, 0.05) is 31.2 Å². The number of halogens is 1. The van der Waals surface area contributed by atoms with Gasteiger partial charge in [0.2, 0.25) is 0 Å². The van der Waals surface area contributed by atoms with Crippen LogP contribution >= 0.6 is 11.6 Å². The van der Waals surface area contributed by atoms with Crippen molar-refractivity contribution in [3.63, 3.8) is 0 Å². The molecule has 1 aromatic rings. The summed E-state index contributed by atoms with van der Waals surface area (Å²) in [6, 6.07) is 8.22. The van der Waals surface area contributed by atoms with E-state index >= 15 is 0 Å². The molecular weight excluding hydrogens is 298 g/mol. The molecule has 122 valence electrons. The van der Waals surface area contributed by atoms with Crippen molar-refractivity contribution in [2.45, 2.75) is 25.8 Å². The Balaban J connectivity index is 1.59. The number of hydrogen-bond acceptors (Lipinski definition) is 3. The molecule has 0 bridgehead atoms. The topological polar surface area (TPSA) is 21.7 Å². The Bertz CT molecular complexity index is 484. The summed E-state index contributed by atoms with van der Waals surface area (Å²) in [6.07, 6.45) is 3.70. The number of methoxy groups -OCH3 is 1. The van der Waals surface area contributed by atoms with Crippen molar-refractivity contribution >= 4 is 11.6 Å². The molecule has 2 heterocycles. The third-order valence-corrected chi connectivity index (χ3v) is 5.68. The van der Waals surface area contributed by atoms with Gasteiger partial charge in [0.1, 0.15) is 0 Å². The minimum Gasteiger partial charge on any atom is -0.384 e. The number of rotatable bonds is 4. The van der Waals surface area contributed by atoms with Crippen LogP contribution in [0.1, 0.15) is 24.8 Å².